The van der Waals surface area contributed by atoms with Crippen LogP contribution in [0.4, 0.5) is 4.79 Å². The van der Waals surface area contributed by atoms with E-state index in [9.17, 15) is 9.59 Å². The maximum Gasteiger partial charge on any atom is 0.326 e. The molecule has 1 heterocycles. The molecule has 0 aliphatic carbocycles. The summed E-state index contributed by atoms with van der Waals surface area (Å²) in [5.74, 6) is 0.898. The van der Waals surface area contributed by atoms with Gasteiger partial charge < -0.3 is 10.1 Å². The average Bonchev–Trinajstić information content (AvgIpc) is 2.94. The van der Waals surface area contributed by atoms with Gasteiger partial charge in [-0.1, -0.05) is 62.4 Å². The number of hydrogen-bond donors (Lipinski definition) is 1. The first-order valence-corrected chi connectivity index (χ1v) is 10.4. The summed E-state index contributed by atoms with van der Waals surface area (Å²) in [6.07, 6.45) is 0.554. The molecular weight excluding hydrogens is 378 g/mol. The van der Waals surface area contributed by atoms with Gasteiger partial charge in [0.1, 0.15) is 17.9 Å². The van der Waals surface area contributed by atoms with Gasteiger partial charge in [-0.3, -0.25) is 9.69 Å². The van der Waals surface area contributed by atoms with Crippen molar-refractivity contribution in [3.8, 4) is 5.75 Å². The molecule has 0 radical (unpaired) electrons. The van der Waals surface area contributed by atoms with E-state index in [1.807, 2.05) is 73.5 Å². The predicted molar refractivity (Wildman–Crippen MR) is 117 cm³/mol. The molecule has 6 nitrogen and oxygen atoms in total. The Morgan fingerprint density at radius 1 is 1.07 bits per heavy atom. The van der Waals surface area contributed by atoms with E-state index in [-0.39, 0.29) is 24.5 Å². The Morgan fingerprint density at radius 2 is 1.73 bits per heavy atom. The van der Waals surface area contributed by atoms with Crippen LogP contribution in [0.5, 0.6) is 5.75 Å². The molecule has 1 N–H and O–H groups in total. The van der Waals surface area contributed by atoms with Gasteiger partial charge in [-0.05, 0) is 43.5 Å². The lowest BCUT2D eigenvalue weighted by molar-refractivity contribution is -0.133. The molecule has 1 saturated heterocycles. The number of amides is 3. The highest BCUT2D eigenvalue weighted by atomic mass is 16.5. The molecule has 1 atom stereocenters. The van der Waals surface area contributed by atoms with Crippen molar-refractivity contribution in [1.82, 2.24) is 15.1 Å². The number of ether oxygens (including phenoxy) is 1. The minimum absolute atomic E-state index is 0.195. The van der Waals surface area contributed by atoms with Gasteiger partial charge in [0.2, 0.25) is 0 Å². The fraction of sp³-hybridized carbons (Fsp3) is 0.417. The van der Waals surface area contributed by atoms with E-state index in [1.165, 1.54) is 4.90 Å². The molecule has 160 valence electrons. The number of carbonyl (C=O) groups excluding carboxylic acids is 2. The number of nitrogens with zero attached hydrogens (tertiary/aromatic N) is 2. The third-order valence-corrected chi connectivity index (χ3v) is 5.36. The molecule has 2 aromatic carbocycles. The molecule has 0 saturated carbocycles. The van der Waals surface area contributed by atoms with E-state index in [1.54, 1.807) is 0 Å². The van der Waals surface area contributed by atoms with Crippen LogP contribution in [-0.4, -0.2) is 48.6 Å². The Kier molecular flexibility index (Phi) is 6.77. The minimum Gasteiger partial charge on any atom is -0.492 e. The summed E-state index contributed by atoms with van der Waals surface area (Å²) < 4.78 is 5.84. The van der Waals surface area contributed by atoms with Crippen LogP contribution in [0.25, 0.3) is 0 Å². The van der Waals surface area contributed by atoms with Gasteiger partial charge in [-0.2, -0.15) is 0 Å². The molecule has 1 aliphatic heterocycles. The van der Waals surface area contributed by atoms with Crippen molar-refractivity contribution in [1.29, 1.82) is 0 Å². The van der Waals surface area contributed by atoms with Crippen LogP contribution in [0.3, 0.4) is 0 Å². The Bertz CT molecular complexity index is 884. The highest BCUT2D eigenvalue weighted by molar-refractivity contribution is 6.07. The topological polar surface area (TPSA) is 61.9 Å². The van der Waals surface area contributed by atoms with Gasteiger partial charge in [-0.25, -0.2) is 9.69 Å². The first-order valence-electron chi connectivity index (χ1n) is 10.4. The van der Waals surface area contributed by atoms with Gasteiger partial charge in [-0.15, -0.1) is 0 Å². The van der Waals surface area contributed by atoms with Gasteiger partial charge in [0.25, 0.3) is 5.91 Å². The average molecular weight is 410 g/mol. The van der Waals surface area contributed by atoms with E-state index in [0.29, 0.717) is 19.6 Å². The summed E-state index contributed by atoms with van der Waals surface area (Å²) in [5.41, 5.74) is 0.894. The van der Waals surface area contributed by atoms with Crippen molar-refractivity contribution < 1.29 is 14.3 Å². The first-order chi connectivity index (χ1) is 14.3. The molecule has 1 fully saturated rings. The maximum atomic E-state index is 13.4. The summed E-state index contributed by atoms with van der Waals surface area (Å²) in [7, 11) is 1.88. The second kappa shape index (κ2) is 9.30. The normalized spacial score (nSPS) is 18.9. The molecule has 1 aliphatic rings. The largest absolute Gasteiger partial charge is 0.492 e. The number of nitrogens with one attached hydrogen (secondary N) is 1. The molecule has 3 rings (SSSR count). The molecular formula is C24H31N3O3. The van der Waals surface area contributed by atoms with Crippen molar-refractivity contribution in [3.05, 3.63) is 65.7 Å². The van der Waals surface area contributed by atoms with Crippen LogP contribution in [0, 0.1) is 12.8 Å². The number of likely N-dealkylation sites (N-methyl/N-ethyl adjacent to an activating group) is 1. The SMILES string of the molecule is Cc1ccccc1OCCN(C)CN1C(=O)N[C@](CC(C)C)(c2ccccc2)C1=O. The van der Waals surface area contributed by atoms with Crippen molar-refractivity contribution in [2.45, 2.75) is 32.7 Å². The van der Waals surface area contributed by atoms with E-state index < -0.39 is 5.54 Å². The fourth-order valence-corrected chi connectivity index (χ4v) is 3.88. The minimum atomic E-state index is -1.01. The lowest BCUT2D eigenvalue weighted by atomic mass is 9.82. The van der Waals surface area contributed by atoms with Gasteiger partial charge in [0.15, 0.2) is 0 Å². The highest BCUT2D eigenvalue weighted by Gasteiger charge is 2.52. The number of urea groups is 1. The number of carbonyl (C=O) groups is 2. The molecule has 30 heavy (non-hydrogen) atoms. The lowest BCUT2D eigenvalue weighted by Gasteiger charge is -2.29. The molecule has 0 aromatic heterocycles. The van der Waals surface area contributed by atoms with Crippen LogP contribution in [0.15, 0.2) is 54.6 Å². The second-order valence-corrected chi connectivity index (χ2v) is 8.37. The van der Waals surface area contributed by atoms with Gasteiger partial charge in [0.05, 0.1) is 6.67 Å². The predicted octanol–water partition coefficient (Wildman–Crippen LogP) is 3.76. The zero-order valence-electron chi connectivity index (χ0n) is 18.2. The van der Waals surface area contributed by atoms with Crippen LogP contribution >= 0.6 is 0 Å². The van der Waals surface area contributed by atoms with E-state index in [2.05, 4.69) is 19.2 Å². The van der Waals surface area contributed by atoms with Crippen LogP contribution in [0.2, 0.25) is 0 Å². The number of hydrogen-bond acceptors (Lipinski definition) is 4. The summed E-state index contributed by atoms with van der Waals surface area (Å²) >= 11 is 0. The Labute approximate surface area is 178 Å². The van der Waals surface area contributed by atoms with Crippen LogP contribution in [-0.2, 0) is 10.3 Å². The fourth-order valence-electron chi connectivity index (χ4n) is 3.88. The summed E-state index contributed by atoms with van der Waals surface area (Å²) in [4.78, 5) is 29.4. The third-order valence-electron chi connectivity index (χ3n) is 5.36. The number of imide groups is 1. The Hall–Kier alpha value is -2.86. The Morgan fingerprint density at radius 3 is 2.40 bits per heavy atom. The van der Waals surface area contributed by atoms with Gasteiger partial charge in [0, 0.05) is 6.54 Å². The molecule has 3 amide bonds. The quantitative estimate of drug-likeness (QED) is 0.641. The van der Waals surface area contributed by atoms with Crippen molar-refractivity contribution >= 4 is 11.9 Å². The van der Waals surface area contributed by atoms with E-state index in [0.717, 1.165) is 16.9 Å². The standard InChI is InChI=1S/C24H31N3O3/c1-18(2)16-24(20-11-6-5-7-12-20)22(28)27(23(29)25-24)17-26(4)14-15-30-21-13-9-8-10-19(21)3/h5-13,18H,14-17H2,1-4H3,(H,25,29)/t24-/m1/s1. The van der Waals surface area contributed by atoms with Crippen molar-refractivity contribution in [3.63, 3.8) is 0 Å². The van der Waals surface area contributed by atoms with Crippen molar-refractivity contribution in [2.75, 3.05) is 26.9 Å². The zero-order chi connectivity index (χ0) is 21.7. The third kappa shape index (κ3) is 4.65. The number of aryl methyl sites for hydroxylation is 1. The van der Waals surface area contributed by atoms with E-state index >= 15 is 0 Å². The summed E-state index contributed by atoms with van der Waals surface area (Å²) in [5, 5.41) is 2.99. The second-order valence-electron chi connectivity index (χ2n) is 8.37. The molecule has 0 bridgehead atoms. The van der Waals surface area contributed by atoms with Gasteiger partial charge >= 0.3 is 6.03 Å². The number of rotatable bonds is 9. The molecule has 2 aromatic rings. The zero-order valence-corrected chi connectivity index (χ0v) is 18.2. The van der Waals surface area contributed by atoms with Crippen LogP contribution < -0.4 is 10.1 Å². The smallest absolute Gasteiger partial charge is 0.326 e. The maximum absolute atomic E-state index is 13.4. The number of para-hydroxylation sites is 1. The molecule has 0 unspecified atom stereocenters. The summed E-state index contributed by atoms with van der Waals surface area (Å²) in [6.45, 7) is 7.40. The van der Waals surface area contributed by atoms with Crippen LogP contribution in [0.1, 0.15) is 31.4 Å². The molecule has 6 heteroatoms. The van der Waals surface area contributed by atoms with E-state index in [4.69, 9.17) is 4.74 Å². The van der Waals surface area contributed by atoms with Crippen molar-refractivity contribution in [2.24, 2.45) is 5.92 Å². The highest BCUT2D eigenvalue weighted by Crippen LogP contribution is 2.35. The monoisotopic (exact) mass is 409 g/mol. The first kappa shape index (κ1) is 21.8. The lowest BCUT2D eigenvalue weighted by Crippen LogP contribution is -2.46. The molecule has 0 spiro atoms. The Balaban J connectivity index is 1.66. The summed E-state index contributed by atoms with van der Waals surface area (Å²) in [6, 6.07) is 17.0. The number of benzene rings is 2.